The first-order valence-corrected chi connectivity index (χ1v) is 5.80. The zero-order chi connectivity index (χ0) is 12.5. The van der Waals surface area contributed by atoms with Crippen LogP contribution in [0.15, 0.2) is 6.20 Å². The minimum atomic E-state index is -0.981. The normalized spacial score (nSPS) is 23.9. The van der Waals surface area contributed by atoms with Crippen molar-refractivity contribution in [3.05, 3.63) is 23.3 Å². The highest BCUT2D eigenvalue weighted by atomic mass is 16.5. The molecule has 0 spiro atoms. The van der Waals surface area contributed by atoms with Crippen LogP contribution in [0, 0.1) is 0 Å². The number of aromatic nitrogens is 2. The quantitative estimate of drug-likeness (QED) is 0.865. The second kappa shape index (κ2) is 4.41. The number of aryl methyl sites for hydroxylation is 1. The van der Waals surface area contributed by atoms with Crippen molar-refractivity contribution in [3.63, 3.8) is 0 Å². The maximum Gasteiger partial charge on any atom is 0.339 e. The van der Waals surface area contributed by atoms with Crippen molar-refractivity contribution in [2.75, 3.05) is 6.61 Å². The Balaban J connectivity index is 2.41. The summed E-state index contributed by atoms with van der Waals surface area (Å²) in [6.07, 6.45) is 3.83. The first kappa shape index (κ1) is 12.0. The van der Waals surface area contributed by atoms with E-state index in [1.165, 1.54) is 6.20 Å². The first-order valence-electron chi connectivity index (χ1n) is 5.80. The van der Waals surface area contributed by atoms with Crippen molar-refractivity contribution in [1.29, 1.82) is 0 Å². The van der Waals surface area contributed by atoms with Crippen LogP contribution in [0.25, 0.3) is 0 Å². The van der Waals surface area contributed by atoms with E-state index in [9.17, 15) is 4.79 Å². The summed E-state index contributed by atoms with van der Waals surface area (Å²) in [6, 6.07) is 0. The fraction of sp³-hybridized carbons (Fsp3) is 0.583. The van der Waals surface area contributed by atoms with Crippen molar-refractivity contribution in [1.82, 2.24) is 9.97 Å². The second-order valence-corrected chi connectivity index (χ2v) is 4.40. The van der Waals surface area contributed by atoms with Gasteiger partial charge in [0.15, 0.2) is 5.82 Å². The molecule has 1 aliphatic rings. The highest BCUT2D eigenvalue weighted by molar-refractivity contribution is 5.88. The summed E-state index contributed by atoms with van der Waals surface area (Å²) in [5.74, 6) is -0.386. The molecule has 1 saturated heterocycles. The highest BCUT2D eigenvalue weighted by Gasteiger charge is 2.35. The third kappa shape index (κ3) is 2.15. The van der Waals surface area contributed by atoms with Gasteiger partial charge in [0.05, 0.1) is 11.3 Å². The molecule has 1 N–H and O–H groups in total. The van der Waals surface area contributed by atoms with E-state index >= 15 is 0 Å². The van der Waals surface area contributed by atoms with Gasteiger partial charge in [-0.3, -0.25) is 0 Å². The summed E-state index contributed by atoms with van der Waals surface area (Å²) < 4.78 is 5.65. The number of carbonyl (C=O) groups is 1. The average Bonchev–Trinajstić information content (AvgIpc) is 2.76. The van der Waals surface area contributed by atoms with Crippen LogP contribution < -0.4 is 0 Å². The van der Waals surface area contributed by atoms with Crippen LogP contribution in [0.4, 0.5) is 0 Å². The van der Waals surface area contributed by atoms with E-state index in [0.29, 0.717) is 24.5 Å². The summed E-state index contributed by atoms with van der Waals surface area (Å²) in [4.78, 5) is 19.5. The van der Waals surface area contributed by atoms with E-state index in [1.807, 2.05) is 13.8 Å². The molecule has 5 heteroatoms. The van der Waals surface area contributed by atoms with Crippen molar-refractivity contribution in [2.45, 2.75) is 38.7 Å². The van der Waals surface area contributed by atoms with E-state index in [0.717, 1.165) is 12.8 Å². The van der Waals surface area contributed by atoms with Crippen LogP contribution in [0.3, 0.4) is 0 Å². The summed E-state index contributed by atoms with van der Waals surface area (Å²) >= 11 is 0. The number of carboxylic acid groups (broad SMARTS) is 1. The van der Waals surface area contributed by atoms with Crippen LogP contribution in [-0.2, 0) is 16.8 Å². The Labute approximate surface area is 99.9 Å². The van der Waals surface area contributed by atoms with Gasteiger partial charge in [-0.15, -0.1) is 0 Å². The molecule has 0 aromatic carbocycles. The first-order chi connectivity index (χ1) is 8.07. The van der Waals surface area contributed by atoms with Crippen LogP contribution in [0.2, 0.25) is 0 Å². The van der Waals surface area contributed by atoms with Gasteiger partial charge in [-0.25, -0.2) is 14.8 Å². The number of hydrogen-bond acceptors (Lipinski definition) is 4. The van der Waals surface area contributed by atoms with Gasteiger partial charge in [0.2, 0.25) is 0 Å². The van der Waals surface area contributed by atoms with Crippen molar-refractivity contribution in [2.24, 2.45) is 0 Å². The lowest BCUT2D eigenvalue weighted by molar-refractivity contribution is 0.00904. The number of ether oxygens (including phenoxy) is 1. The molecule has 5 nitrogen and oxygen atoms in total. The Bertz CT molecular complexity index is 439. The lowest BCUT2D eigenvalue weighted by Gasteiger charge is -2.21. The molecule has 0 aliphatic carbocycles. The molecule has 2 heterocycles. The molecule has 1 aromatic heterocycles. The fourth-order valence-corrected chi connectivity index (χ4v) is 2.08. The van der Waals surface area contributed by atoms with Crippen molar-refractivity contribution >= 4 is 5.97 Å². The predicted molar refractivity (Wildman–Crippen MR) is 60.9 cm³/mol. The Morgan fingerprint density at radius 2 is 2.41 bits per heavy atom. The molecule has 1 fully saturated rings. The van der Waals surface area contributed by atoms with Crippen molar-refractivity contribution in [3.8, 4) is 0 Å². The van der Waals surface area contributed by atoms with Crippen LogP contribution in [-0.4, -0.2) is 27.7 Å². The topological polar surface area (TPSA) is 72.3 Å². The third-order valence-electron chi connectivity index (χ3n) is 3.12. The van der Waals surface area contributed by atoms with E-state index in [2.05, 4.69) is 9.97 Å². The third-order valence-corrected chi connectivity index (χ3v) is 3.12. The summed E-state index contributed by atoms with van der Waals surface area (Å²) in [5, 5.41) is 9.01. The number of nitrogens with zero attached hydrogens (tertiary/aromatic N) is 2. The maximum absolute atomic E-state index is 11.0. The van der Waals surface area contributed by atoms with Crippen LogP contribution in [0.1, 0.15) is 48.6 Å². The number of rotatable bonds is 3. The molecular weight excluding hydrogens is 220 g/mol. The Morgan fingerprint density at radius 3 is 2.94 bits per heavy atom. The minimum absolute atomic E-state index is 0.179. The molecule has 1 aliphatic heterocycles. The molecule has 2 rings (SSSR count). The average molecular weight is 236 g/mol. The van der Waals surface area contributed by atoms with Gasteiger partial charge in [-0.1, -0.05) is 6.92 Å². The number of carboxylic acids is 1. The van der Waals surface area contributed by atoms with Crippen molar-refractivity contribution < 1.29 is 14.6 Å². The lowest BCUT2D eigenvalue weighted by Crippen LogP contribution is -2.24. The molecule has 0 bridgehead atoms. The van der Waals surface area contributed by atoms with E-state index in [4.69, 9.17) is 9.84 Å². The molecule has 92 valence electrons. The highest BCUT2D eigenvalue weighted by Crippen LogP contribution is 2.33. The lowest BCUT2D eigenvalue weighted by atomic mass is 10.0. The molecule has 0 radical (unpaired) electrons. The molecule has 0 amide bonds. The van der Waals surface area contributed by atoms with Crippen LogP contribution >= 0.6 is 0 Å². The van der Waals surface area contributed by atoms with Crippen LogP contribution in [0.5, 0.6) is 0 Å². The zero-order valence-corrected chi connectivity index (χ0v) is 10.1. The summed E-state index contributed by atoms with van der Waals surface area (Å²) in [6.45, 7) is 4.55. The molecule has 1 aromatic rings. The van der Waals surface area contributed by atoms with E-state index < -0.39 is 11.6 Å². The van der Waals surface area contributed by atoms with Gasteiger partial charge in [-0.05, 0) is 26.2 Å². The fourth-order valence-electron chi connectivity index (χ4n) is 2.08. The molecule has 1 unspecified atom stereocenters. The SMILES string of the molecule is CCc1nc(C2(C)CCCO2)ncc1C(=O)O. The smallest absolute Gasteiger partial charge is 0.339 e. The Kier molecular flexibility index (Phi) is 3.11. The summed E-state index contributed by atoms with van der Waals surface area (Å²) in [5.41, 5.74) is 0.290. The second-order valence-electron chi connectivity index (χ2n) is 4.40. The zero-order valence-electron chi connectivity index (χ0n) is 10.1. The Hall–Kier alpha value is -1.49. The monoisotopic (exact) mass is 236 g/mol. The van der Waals surface area contributed by atoms with Gasteiger partial charge >= 0.3 is 5.97 Å². The predicted octanol–water partition coefficient (Wildman–Crippen LogP) is 1.76. The molecule has 1 atom stereocenters. The van der Waals surface area contributed by atoms with E-state index in [-0.39, 0.29) is 5.56 Å². The standard InChI is InChI=1S/C12H16N2O3/c1-3-9-8(10(15)16)7-13-11(14-9)12(2)5-4-6-17-12/h7H,3-6H2,1-2H3,(H,15,16). The molecule has 17 heavy (non-hydrogen) atoms. The van der Waals surface area contributed by atoms with Gasteiger partial charge < -0.3 is 9.84 Å². The maximum atomic E-state index is 11.0. The molecular formula is C12H16N2O3. The van der Waals surface area contributed by atoms with Gasteiger partial charge in [-0.2, -0.15) is 0 Å². The van der Waals surface area contributed by atoms with E-state index in [1.54, 1.807) is 0 Å². The van der Waals surface area contributed by atoms with Gasteiger partial charge in [0.25, 0.3) is 0 Å². The number of aromatic carboxylic acids is 1. The van der Waals surface area contributed by atoms with Gasteiger partial charge in [0.1, 0.15) is 5.60 Å². The Morgan fingerprint density at radius 1 is 1.65 bits per heavy atom. The minimum Gasteiger partial charge on any atom is -0.478 e. The summed E-state index contributed by atoms with van der Waals surface area (Å²) in [7, 11) is 0. The van der Waals surface area contributed by atoms with Gasteiger partial charge in [0, 0.05) is 12.8 Å². The number of hydrogen-bond donors (Lipinski definition) is 1. The molecule has 0 saturated carbocycles. The largest absolute Gasteiger partial charge is 0.478 e.